The molecule has 5 aliphatic rings. The van der Waals surface area contributed by atoms with Gasteiger partial charge < -0.3 is 5.32 Å². The fourth-order valence-corrected chi connectivity index (χ4v) is 30.3. The highest BCUT2D eigenvalue weighted by atomic mass is 31.2. The van der Waals surface area contributed by atoms with E-state index in [1.165, 1.54) is 106 Å². The zero-order valence-corrected chi connectivity index (χ0v) is 81.6. The van der Waals surface area contributed by atoms with E-state index in [2.05, 4.69) is 600 Å². The number of hydrogen-bond acceptors (Lipinski definition) is 4. The molecule has 0 unspecified atom stereocenters. The van der Waals surface area contributed by atoms with Crippen molar-refractivity contribution in [3.05, 3.63) is 718 Å². The van der Waals surface area contributed by atoms with Gasteiger partial charge >= 0.3 is 7.44 Å². The van der Waals surface area contributed by atoms with Crippen molar-refractivity contribution in [2.75, 3.05) is 24.0 Å². The highest BCUT2D eigenvalue weighted by Crippen LogP contribution is 2.74. The van der Waals surface area contributed by atoms with Gasteiger partial charge in [0.2, 0.25) is 0 Å². The molecule has 27 rings (SSSR count). The van der Waals surface area contributed by atoms with E-state index in [4.69, 9.17) is 0 Å². The third-order valence-electron chi connectivity index (χ3n) is 30.3. The first-order valence-corrected chi connectivity index (χ1v) is 52.8. The van der Waals surface area contributed by atoms with Crippen molar-refractivity contribution in [2.24, 2.45) is 0 Å². The third kappa shape index (κ3) is 14.0. The van der Waals surface area contributed by atoms with Gasteiger partial charge in [0, 0.05) is 16.7 Å². The van der Waals surface area contributed by atoms with Gasteiger partial charge in [0.15, 0.2) is 0 Å². The number of para-hydroxylation sites is 10. The van der Waals surface area contributed by atoms with Gasteiger partial charge in [-0.3, -0.25) is 23.2 Å². The van der Waals surface area contributed by atoms with Crippen LogP contribution in [0.3, 0.4) is 0 Å². The quantitative estimate of drug-likeness (QED) is 0.0973. The molecule has 0 saturated heterocycles. The standard InChI is InChI=1S/C56H41N2OP.C56H41N2P.C25H19N/c59-60(46-32-14-5-15-33-46,57-51-38-20-16-34-47(51)55(42-24-6-1-7-25-42,43-26-8-2-9-27-43)48-35-17-21-39-52(48)57)58-53-40-22-18-36-49(53)56(44-28-10-3-11-29-44,45-30-12-4-13-31-45)50-37-19-23-41-54(50)58;1-6-24-42(25-7-1)55(43-26-8-2-9-27-43)47-34-16-20-38-51(47)57(52-39-21-17-35-48(52)55)59(46-32-14-5-15-33-46)58-53-40-22-18-36-49(53)56(44-28-10-3-11-29-44,45-30-12-4-13-31-45)50-37-19-23-41-54(50)58;1-3-11-19(12-4-1)25(20-13-5-2-6-14-20)21-15-7-9-17-23(21)26-24-18-10-8-16-22(24)25/h1-41H;1-41H;1-18,26H. The first-order chi connectivity index (χ1) is 71.9. The van der Waals surface area contributed by atoms with Crippen molar-refractivity contribution < 1.29 is 4.57 Å². The van der Waals surface area contributed by atoms with Gasteiger partial charge in [0.05, 0.1) is 77.9 Å². The number of rotatable bonds is 16. The Morgan fingerprint density at radius 1 is 0.159 bits per heavy atom. The summed E-state index contributed by atoms with van der Waals surface area (Å²) in [4.78, 5) is 0. The van der Waals surface area contributed by atoms with Crippen LogP contribution in [0.15, 0.2) is 607 Å². The number of nitrogens with zero attached hydrogens (tertiary/aromatic N) is 4. The molecule has 145 heavy (non-hydrogen) atoms. The first kappa shape index (κ1) is 88.9. The number of benzene rings is 22. The van der Waals surface area contributed by atoms with E-state index in [1.54, 1.807) is 0 Å². The maximum absolute atomic E-state index is 18.0. The van der Waals surface area contributed by atoms with Gasteiger partial charge in [-0.25, -0.2) is 0 Å². The second-order valence-corrected chi connectivity index (χ2v) is 41.8. The second kappa shape index (κ2) is 37.5. The molecule has 22 aromatic carbocycles. The fourth-order valence-electron chi connectivity index (χ4n) is 24.7. The predicted octanol–water partition coefficient (Wildman–Crippen LogP) is 33.4. The molecule has 6 nitrogen and oxygen atoms in total. The molecule has 5 heterocycles. The zero-order valence-electron chi connectivity index (χ0n) is 79.8. The van der Waals surface area contributed by atoms with Crippen LogP contribution in [0.25, 0.3) is 0 Å². The Kier molecular flexibility index (Phi) is 23.0. The predicted molar refractivity (Wildman–Crippen MR) is 602 cm³/mol. The van der Waals surface area contributed by atoms with E-state index in [0.29, 0.717) is 0 Å². The highest BCUT2D eigenvalue weighted by Gasteiger charge is 2.58. The van der Waals surface area contributed by atoms with E-state index < -0.39 is 37.3 Å². The van der Waals surface area contributed by atoms with Gasteiger partial charge in [-0.1, -0.05) is 534 Å². The number of anilines is 10. The van der Waals surface area contributed by atoms with Crippen LogP contribution in [-0.4, -0.2) is 0 Å². The largest absolute Gasteiger partial charge is 0.355 e. The van der Waals surface area contributed by atoms with Crippen molar-refractivity contribution in [3.8, 4) is 0 Å². The summed E-state index contributed by atoms with van der Waals surface area (Å²) < 4.78 is 27.8. The lowest BCUT2D eigenvalue weighted by molar-refractivity contribution is 0.578. The van der Waals surface area contributed by atoms with E-state index in [0.717, 1.165) is 72.6 Å². The van der Waals surface area contributed by atoms with Crippen LogP contribution >= 0.6 is 15.7 Å². The van der Waals surface area contributed by atoms with Crippen LogP contribution in [-0.2, 0) is 31.6 Å². The smallest absolute Gasteiger partial charge is 0.301 e. The van der Waals surface area contributed by atoms with Gasteiger partial charge in [0.1, 0.15) is 8.22 Å². The fraction of sp³-hybridized carbons (Fsp3) is 0.0365. The van der Waals surface area contributed by atoms with E-state index in [-0.39, 0.29) is 5.41 Å². The van der Waals surface area contributed by atoms with Crippen molar-refractivity contribution >= 4 is 83.1 Å². The minimum atomic E-state index is -3.96. The average Bonchev–Trinajstić information content (AvgIpc) is 0.668. The van der Waals surface area contributed by atoms with Crippen LogP contribution in [0.5, 0.6) is 0 Å². The van der Waals surface area contributed by atoms with Gasteiger partial charge in [-0.05, 0) is 184 Å². The molecule has 1 N–H and O–H groups in total. The molecular weight excluding hydrogens is 1790 g/mol. The normalized spacial score (nSPS) is 14.4. The van der Waals surface area contributed by atoms with Crippen molar-refractivity contribution in [1.29, 1.82) is 0 Å². The minimum Gasteiger partial charge on any atom is -0.355 e. The molecule has 5 aliphatic heterocycles. The lowest BCUT2D eigenvalue weighted by Gasteiger charge is -2.53. The monoisotopic (exact) mass is 1890 g/mol. The molecule has 8 heteroatoms. The average molecular weight is 1900 g/mol. The first-order valence-electron chi connectivity index (χ1n) is 49.9. The van der Waals surface area contributed by atoms with Gasteiger partial charge in [-0.2, -0.15) is 0 Å². The Bertz CT molecular complexity index is 7660. The molecule has 0 bridgehead atoms. The summed E-state index contributed by atoms with van der Waals surface area (Å²) in [6, 6.07) is 219. The molecular formula is C137H101N5OP2. The SMILES string of the molecule is O=P(c1ccccc1)(N1c2ccccc2C(c2ccccc2)(c2ccccc2)c2ccccc21)N1c2ccccc2C(c2ccccc2)(c2ccccc2)c2ccccc21.c1ccc(C2(c3ccccc3)c3ccccc3Nc3ccccc32)cc1.c1ccc(P(N2c3ccccc3C(c3ccccc3)(c3ccccc3)c3ccccc32)N2c3ccccc3C(c3ccccc3)(c3ccccc3)c3ccccc32)cc1. The minimum absolute atomic E-state index is 0.332. The molecule has 0 saturated carbocycles. The van der Waals surface area contributed by atoms with Crippen LogP contribution in [0.1, 0.15) is 111 Å². The Hall–Kier alpha value is -17.5. The Labute approximate surface area is 850 Å². The summed E-state index contributed by atoms with van der Waals surface area (Å²) >= 11 is 0. The topological polar surface area (TPSA) is 42.1 Å². The van der Waals surface area contributed by atoms with Crippen LogP contribution in [0.4, 0.5) is 56.9 Å². The highest BCUT2D eigenvalue weighted by molar-refractivity contribution is 7.75. The van der Waals surface area contributed by atoms with E-state index >= 15 is 4.57 Å². The van der Waals surface area contributed by atoms with Crippen LogP contribution in [0, 0.1) is 0 Å². The second-order valence-electron chi connectivity index (χ2n) is 37.5. The van der Waals surface area contributed by atoms with Crippen LogP contribution < -0.4 is 34.6 Å². The Balaban J connectivity index is 0.000000122. The molecule has 0 fully saturated rings. The molecule has 0 aromatic heterocycles. The number of nitrogens with one attached hydrogen (secondary N) is 1. The lowest BCUT2D eigenvalue weighted by atomic mass is 9.63. The molecule has 22 aromatic rings. The molecule has 0 amide bonds. The van der Waals surface area contributed by atoms with Gasteiger partial charge in [0.25, 0.3) is 0 Å². The van der Waals surface area contributed by atoms with Crippen LogP contribution in [0.2, 0.25) is 0 Å². The summed E-state index contributed by atoms with van der Waals surface area (Å²) in [5, 5.41) is 5.63. The summed E-state index contributed by atoms with van der Waals surface area (Å²) in [5.74, 6) is 0. The van der Waals surface area contributed by atoms with E-state index in [1.807, 2.05) is 30.3 Å². The summed E-state index contributed by atoms with van der Waals surface area (Å²) in [6.07, 6.45) is 0. The molecule has 0 atom stereocenters. The molecule has 0 spiro atoms. The van der Waals surface area contributed by atoms with Crippen molar-refractivity contribution in [1.82, 2.24) is 0 Å². The Morgan fingerprint density at radius 2 is 0.310 bits per heavy atom. The maximum atomic E-state index is 18.0. The van der Waals surface area contributed by atoms with Crippen molar-refractivity contribution in [2.45, 2.75) is 27.1 Å². The van der Waals surface area contributed by atoms with Gasteiger partial charge in [-0.15, -0.1) is 0 Å². The zero-order chi connectivity index (χ0) is 96.8. The summed E-state index contributed by atoms with van der Waals surface area (Å²) in [7, 11) is -5.29. The molecule has 690 valence electrons. The third-order valence-corrected chi connectivity index (χ3v) is 35.6. The van der Waals surface area contributed by atoms with E-state index in [9.17, 15) is 0 Å². The Morgan fingerprint density at radius 3 is 0.524 bits per heavy atom. The number of fused-ring (bicyclic) bond motifs is 10. The summed E-state index contributed by atoms with van der Waals surface area (Å²) in [5.41, 5.74) is 31.9. The number of hydrogen-bond donors (Lipinski definition) is 1. The summed E-state index contributed by atoms with van der Waals surface area (Å²) in [6.45, 7) is 0. The van der Waals surface area contributed by atoms with Crippen molar-refractivity contribution in [3.63, 3.8) is 0 Å². The molecule has 0 radical (unpaired) electrons. The molecule has 0 aliphatic carbocycles. The lowest BCUT2D eigenvalue weighted by Crippen LogP contribution is -2.44. The maximum Gasteiger partial charge on any atom is 0.301 e.